The second kappa shape index (κ2) is 7.00. The monoisotopic (exact) mass is 311 g/mol. The molecule has 1 saturated heterocycles. The number of amides is 1. The first-order valence-corrected chi connectivity index (χ1v) is 8.68. The van der Waals surface area contributed by atoms with E-state index in [1.54, 1.807) is 6.07 Å². The van der Waals surface area contributed by atoms with E-state index in [1.807, 2.05) is 11.8 Å². The summed E-state index contributed by atoms with van der Waals surface area (Å²) in [5.41, 5.74) is 0. The smallest absolute Gasteiger partial charge is 0.242 e. The van der Waals surface area contributed by atoms with Crippen molar-refractivity contribution < 1.29 is 13.2 Å². The van der Waals surface area contributed by atoms with Gasteiger partial charge in [-0.3, -0.25) is 9.78 Å². The maximum atomic E-state index is 12.1. The number of aromatic nitrogens is 1. The molecule has 0 aromatic carbocycles. The first-order valence-electron chi connectivity index (χ1n) is 7.20. The van der Waals surface area contributed by atoms with E-state index in [2.05, 4.69) is 9.71 Å². The summed E-state index contributed by atoms with van der Waals surface area (Å²) in [4.78, 5) is 17.9. The first-order chi connectivity index (χ1) is 10.0. The lowest BCUT2D eigenvalue weighted by Gasteiger charge is -2.33. The van der Waals surface area contributed by atoms with Gasteiger partial charge in [-0.25, -0.2) is 13.1 Å². The van der Waals surface area contributed by atoms with E-state index in [4.69, 9.17) is 0 Å². The minimum atomic E-state index is -3.58. The van der Waals surface area contributed by atoms with Crippen LogP contribution in [0, 0.1) is 0 Å². The molecule has 0 bridgehead atoms. The van der Waals surface area contributed by atoms with Crippen molar-refractivity contribution in [3.63, 3.8) is 0 Å². The number of nitrogens with one attached hydrogen (secondary N) is 1. The Morgan fingerprint density at radius 1 is 1.48 bits per heavy atom. The highest BCUT2D eigenvalue weighted by Gasteiger charge is 2.23. The molecule has 0 radical (unpaired) electrons. The average molecular weight is 311 g/mol. The summed E-state index contributed by atoms with van der Waals surface area (Å²) in [5, 5.41) is 0. The van der Waals surface area contributed by atoms with Gasteiger partial charge in [0.15, 0.2) is 0 Å². The highest BCUT2D eigenvalue weighted by Crippen LogP contribution is 2.17. The van der Waals surface area contributed by atoms with Gasteiger partial charge < -0.3 is 4.90 Å². The third-order valence-corrected chi connectivity index (χ3v) is 5.15. The Labute approximate surface area is 125 Å². The Balaban J connectivity index is 1.85. The summed E-state index contributed by atoms with van der Waals surface area (Å²) in [7, 11) is -3.58. The van der Waals surface area contributed by atoms with Gasteiger partial charge in [-0.1, -0.05) is 0 Å². The number of sulfonamides is 1. The fourth-order valence-corrected chi connectivity index (χ4v) is 3.49. The van der Waals surface area contributed by atoms with Gasteiger partial charge in [-0.2, -0.15) is 0 Å². The lowest BCUT2D eigenvalue weighted by atomic mass is 10.0. The maximum Gasteiger partial charge on any atom is 0.242 e. The second-order valence-corrected chi connectivity index (χ2v) is 7.04. The molecule has 0 aliphatic carbocycles. The zero-order valence-corrected chi connectivity index (χ0v) is 13.0. The molecule has 6 nitrogen and oxygen atoms in total. The second-order valence-electron chi connectivity index (χ2n) is 5.27. The lowest BCUT2D eigenvalue weighted by Crippen LogP contribution is -2.43. The molecule has 116 valence electrons. The number of rotatable bonds is 5. The standard InChI is InChI=1S/C14H21N3O3S/c1-12-5-2-3-10-17(12)14(18)7-9-16-21(19,20)13-6-4-8-15-11-13/h4,6,8,11-12,16H,2-3,5,7,9-10H2,1H3. The molecule has 1 aromatic rings. The molecular weight excluding hydrogens is 290 g/mol. The minimum Gasteiger partial charge on any atom is -0.340 e. The van der Waals surface area contributed by atoms with Gasteiger partial charge in [-0.15, -0.1) is 0 Å². The predicted octanol–water partition coefficient (Wildman–Crippen LogP) is 1.15. The van der Waals surface area contributed by atoms with E-state index in [-0.39, 0.29) is 29.8 Å². The normalized spacial score (nSPS) is 19.5. The quantitative estimate of drug-likeness (QED) is 0.884. The van der Waals surface area contributed by atoms with E-state index in [9.17, 15) is 13.2 Å². The molecule has 1 aliphatic heterocycles. The molecule has 21 heavy (non-hydrogen) atoms. The van der Waals surface area contributed by atoms with Gasteiger partial charge in [-0.05, 0) is 38.3 Å². The van der Waals surface area contributed by atoms with E-state index in [0.29, 0.717) is 0 Å². The van der Waals surface area contributed by atoms with Crippen molar-refractivity contribution in [2.45, 2.75) is 43.5 Å². The molecule has 1 fully saturated rings. The third kappa shape index (κ3) is 4.25. The zero-order valence-electron chi connectivity index (χ0n) is 12.2. The molecule has 1 unspecified atom stereocenters. The van der Waals surface area contributed by atoms with Gasteiger partial charge >= 0.3 is 0 Å². The van der Waals surface area contributed by atoms with Crippen LogP contribution in [-0.2, 0) is 14.8 Å². The van der Waals surface area contributed by atoms with Crippen LogP contribution in [0.5, 0.6) is 0 Å². The van der Waals surface area contributed by atoms with Crippen LogP contribution >= 0.6 is 0 Å². The van der Waals surface area contributed by atoms with Gasteiger partial charge in [0, 0.05) is 37.9 Å². The Morgan fingerprint density at radius 3 is 2.95 bits per heavy atom. The van der Waals surface area contributed by atoms with Crippen LogP contribution in [0.3, 0.4) is 0 Å². The molecule has 1 amide bonds. The highest BCUT2D eigenvalue weighted by atomic mass is 32.2. The number of hydrogen-bond donors (Lipinski definition) is 1. The molecule has 1 aromatic heterocycles. The van der Waals surface area contributed by atoms with Crippen molar-refractivity contribution in [1.29, 1.82) is 0 Å². The fraction of sp³-hybridized carbons (Fsp3) is 0.571. The Kier molecular flexibility index (Phi) is 5.30. The number of piperidine rings is 1. The van der Waals surface area contributed by atoms with E-state index in [0.717, 1.165) is 25.8 Å². The molecule has 2 heterocycles. The molecule has 1 aliphatic rings. The van der Waals surface area contributed by atoms with Gasteiger partial charge in [0.05, 0.1) is 0 Å². The number of carbonyl (C=O) groups excluding carboxylic acids is 1. The molecule has 7 heteroatoms. The zero-order chi connectivity index (χ0) is 15.3. The van der Waals surface area contributed by atoms with Crippen molar-refractivity contribution in [3.8, 4) is 0 Å². The topological polar surface area (TPSA) is 79.4 Å². The van der Waals surface area contributed by atoms with Gasteiger partial charge in [0.1, 0.15) is 4.90 Å². The van der Waals surface area contributed by atoms with Crippen LogP contribution in [0.15, 0.2) is 29.4 Å². The number of pyridine rings is 1. The summed E-state index contributed by atoms with van der Waals surface area (Å²) >= 11 is 0. The number of hydrogen-bond acceptors (Lipinski definition) is 4. The van der Waals surface area contributed by atoms with Crippen LogP contribution < -0.4 is 4.72 Å². The fourth-order valence-electron chi connectivity index (χ4n) is 2.49. The summed E-state index contributed by atoms with van der Waals surface area (Å²) in [6.45, 7) is 2.92. The van der Waals surface area contributed by atoms with E-state index < -0.39 is 10.0 Å². The van der Waals surface area contributed by atoms with Crippen molar-refractivity contribution in [3.05, 3.63) is 24.5 Å². The van der Waals surface area contributed by atoms with Gasteiger partial charge in [0.25, 0.3) is 0 Å². The van der Waals surface area contributed by atoms with Crippen LogP contribution in [0.25, 0.3) is 0 Å². The van der Waals surface area contributed by atoms with Crippen LogP contribution in [-0.4, -0.2) is 43.3 Å². The van der Waals surface area contributed by atoms with Gasteiger partial charge in [0.2, 0.25) is 15.9 Å². The summed E-state index contributed by atoms with van der Waals surface area (Å²) in [6, 6.07) is 3.29. The molecular formula is C14H21N3O3S. The highest BCUT2D eigenvalue weighted by molar-refractivity contribution is 7.89. The van der Waals surface area contributed by atoms with Crippen molar-refractivity contribution in [2.24, 2.45) is 0 Å². The number of likely N-dealkylation sites (tertiary alicyclic amines) is 1. The maximum absolute atomic E-state index is 12.1. The molecule has 0 spiro atoms. The average Bonchev–Trinajstić information content (AvgIpc) is 2.48. The lowest BCUT2D eigenvalue weighted by molar-refractivity contribution is -0.134. The van der Waals surface area contributed by atoms with Crippen molar-refractivity contribution >= 4 is 15.9 Å². The summed E-state index contributed by atoms with van der Waals surface area (Å²) in [5.74, 6) is 0.0103. The third-order valence-electron chi connectivity index (χ3n) is 3.70. The Bertz CT molecular complexity index is 574. The first kappa shape index (κ1) is 15.9. The molecule has 2 rings (SSSR count). The minimum absolute atomic E-state index is 0.0103. The number of nitrogens with zero attached hydrogens (tertiary/aromatic N) is 2. The van der Waals surface area contributed by atoms with Crippen LogP contribution in [0.1, 0.15) is 32.6 Å². The SMILES string of the molecule is CC1CCCCN1C(=O)CCNS(=O)(=O)c1cccnc1. The van der Waals surface area contributed by atoms with E-state index in [1.165, 1.54) is 18.5 Å². The van der Waals surface area contributed by atoms with Crippen molar-refractivity contribution in [1.82, 2.24) is 14.6 Å². The molecule has 1 N–H and O–H groups in total. The summed E-state index contributed by atoms with van der Waals surface area (Å²) in [6.07, 6.45) is 6.18. The summed E-state index contributed by atoms with van der Waals surface area (Å²) < 4.78 is 26.4. The predicted molar refractivity (Wildman–Crippen MR) is 79.1 cm³/mol. The Hall–Kier alpha value is -1.47. The van der Waals surface area contributed by atoms with Crippen molar-refractivity contribution in [2.75, 3.05) is 13.1 Å². The Morgan fingerprint density at radius 2 is 2.29 bits per heavy atom. The van der Waals surface area contributed by atoms with Crippen LogP contribution in [0.2, 0.25) is 0 Å². The van der Waals surface area contributed by atoms with Crippen LogP contribution in [0.4, 0.5) is 0 Å². The molecule has 0 saturated carbocycles. The largest absolute Gasteiger partial charge is 0.340 e. The molecule has 1 atom stereocenters. The number of carbonyl (C=O) groups is 1. The van der Waals surface area contributed by atoms with E-state index >= 15 is 0 Å².